The van der Waals surface area contributed by atoms with Gasteiger partial charge in [-0.3, -0.25) is 4.79 Å². The molecule has 1 fully saturated rings. The average Bonchev–Trinajstić information content (AvgIpc) is 2.86. The summed E-state index contributed by atoms with van der Waals surface area (Å²) in [5, 5.41) is 3.90. The van der Waals surface area contributed by atoms with Crippen molar-refractivity contribution in [3.05, 3.63) is 29.8 Å². The van der Waals surface area contributed by atoms with Crippen LogP contribution in [0.4, 0.5) is 5.69 Å². The first-order chi connectivity index (χ1) is 9.58. The van der Waals surface area contributed by atoms with E-state index in [1.54, 1.807) is 0 Å². The van der Waals surface area contributed by atoms with E-state index in [9.17, 15) is 4.79 Å². The molecule has 0 saturated heterocycles. The fourth-order valence-electron chi connectivity index (χ4n) is 2.79. The van der Waals surface area contributed by atoms with E-state index in [4.69, 9.17) is 5.73 Å². The van der Waals surface area contributed by atoms with Crippen LogP contribution < -0.4 is 11.1 Å². The van der Waals surface area contributed by atoms with Crippen molar-refractivity contribution < 1.29 is 4.79 Å². The third-order valence-electron chi connectivity index (χ3n) is 4.08. The molecule has 3 atom stereocenters. The topological polar surface area (TPSA) is 55.1 Å². The molecule has 0 heterocycles. The number of thioether (sulfide) groups is 1. The number of nitrogens with two attached hydrogens (primary N) is 1. The maximum atomic E-state index is 12.1. The zero-order valence-electron chi connectivity index (χ0n) is 12.3. The van der Waals surface area contributed by atoms with Gasteiger partial charge in [-0.1, -0.05) is 19.1 Å². The summed E-state index contributed by atoms with van der Waals surface area (Å²) in [5.74, 6) is 0.398. The van der Waals surface area contributed by atoms with E-state index in [1.807, 2.05) is 36.0 Å². The van der Waals surface area contributed by atoms with Crippen LogP contribution in [-0.2, 0) is 4.79 Å². The molecule has 1 aliphatic rings. The van der Waals surface area contributed by atoms with Crippen LogP contribution in [0.1, 0.15) is 44.1 Å². The summed E-state index contributed by atoms with van der Waals surface area (Å²) in [6.07, 6.45) is 6.15. The summed E-state index contributed by atoms with van der Waals surface area (Å²) in [5.41, 5.74) is 7.61. The van der Waals surface area contributed by atoms with E-state index in [-0.39, 0.29) is 11.8 Å². The number of nitrogen functional groups attached to an aromatic ring is 1. The largest absolute Gasteiger partial charge is 0.399 e. The summed E-state index contributed by atoms with van der Waals surface area (Å²) in [6, 6.07) is 8.17. The number of nitrogens with one attached hydrogen (secondary N) is 1. The third-order valence-corrected chi connectivity index (χ3v) is 5.17. The van der Waals surface area contributed by atoms with Crippen molar-refractivity contribution in [2.75, 3.05) is 12.0 Å². The molecule has 1 aromatic rings. The number of carbonyl (C=O) groups is 1. The summed E-state index contributed by atoms with van der Waals surface area (Å²) in [7, 11) is 0. The molecule has 1 aliphatic carbocycles. The molecule has 1 aromatic carbocycles. The molecule has 20 heavy (non-hydrogen) atoms. The Morgan fingerprint density at radius 3 is 2.70 bits per heavy atom. The Morgan fingerprint density at radius 2 is 2.10 bits per heavy atom. The van der Waals surface area contributed by atoms with Gasteiger partial charge in [0.1, 0.15) is 0 Å². The fourth-order valence-corrected chi connectivity index (χ4v) is 3.59. The summed E-state index contributed by atoms with van der Waals surface area (Å²) in [6.45, 7) is 2.09. The molecule has 0 bridgehead atoms. The first kappa shape index (κ1) is 15.2. The third kappa shape index (κ3) is 4.17. The summed E-state index contributed by atoms with van der Waals surface area (Å²) < 4.78 is 0. The van der Waals surface area contributed by atoms with E-state index < -0.39 is 0 Å². The van der Waals surface area contributed by atoms with Gasteiger partial charge in [0.05, 0.1) is 0 Å². The number of benzene rings is 1. The van der Waals surface area contributed by atoms with Gasteiger partial charge in [0.2, 0.25) is 5.91 Å². The van der Waals surface area contributed by atoms with E-state index in [0.29, 0.717) is 12.5 Å². The van der Waals surface area contributed by atoms with E-state index >= 15 is 0 Å². The van der Waals surface area contributed by atoms with Crippen LogP contribution in [0.25, 0.3) is 0 Å². The molecule has 3 nitrogen and oxygen atoms in total. The monoisotopic (exact) mass is 292 g/mol. The minimum Gasteiger partial charge on any atom is -0.399 e. The molecular weight excluding hydrogens is 268 g/mol. The zero-order chi connectivity index (χ0) is 14.5. The Labute approximate surface area is 125 Å². The standard InChI is InChI=1S/C16H24N2OS/c1-11(12-3-5-13(17)6-4-12)9-16(19)18-14-7-8-15(10-14)20-2/h3-6,11,14-15H,7-10,17H2,1-2H3,(H,18,19). The molecule has 0 radical (unpaired) electrons. The van der Waals surface area contributed by atoms with Gasteiger partial charge in [-0.15, -0.1) is 0 Å². The predicted molar refractivity (Wildman–Crippen MR) is 87.0 cm³/mol. The van der Waals surface area contributed by atoms with Gasteiger partial charge in [0.15, 0.2) is 0 Å². The van der Waals surface area contributed by atoms with Gasteiger partial charge in [0, 0.05) is 23.4 Å². The Balaban J connectivity index is 1.81. The Kier molecular flexibility index (Phi) is 5.35. The van der Waals surface area contributed by atoms with Crippen LogP contribution in [0.2, 0.25) is 0 Å². The van der Waals surface area contributed by atoms with Crippen LogP contribution in [0.5, 0.6) is 0 Å². The summed E-state index contributed by atoms with van der Waals surface area (Å²) >= 11 is 1.91. The lowest BCUT2D eigenvalue weighted by Gasteiger charge is -2.16. The second kappa shape index (κ2) is 7.02. The van der Waals surface area contributed by atoms with Crippen molar-refractivity contribution in [3.63, 3.8) is 0 Å². The summed E-state index contributed by atoms with van der Waals surface area (Å²) in [4.78, 5) is 12.1. The van der Waals surface area contributed by atoms with Crippen LogP contribution in [0.3, 0.4) is 0 Å². The average molecular weight is 292 g/mol. The number of carbonyl (C=O) groups excluding carboxylic acids is 1. The molecule has 3 N–H and O–H groups in total. The number of hydrogen-bond donors (Lipinski definition) is 2. The molecule has 0 aromatic heterocycles. The van der Waals surface area contributed by atoms with Crippen LogP contribution >= 0.6 is 11.8 Å². The van der Waals surface area contributed by atoms with Crippen LogP contribution in [-0.4, -0.2) is 23.5 Å². The van der Waals surface area contributed by atoms with Gasteiger partial charge in [0.25, 0.3) is 0 Å². The van der Waals surface area contributed by atoms with E-state index in [0.717, 1.165) is 23.8 Å². The lowest BCUT2D eigenvalue weighted by molar-refractivity contribution is -0.122. The number of hydrogen-bond acceptors (Lipinski definition) is 3. The van der Waals surface area contributed by atoms with E-state index in [2.05, 4.69) is 18.5 Å². The lowest BCUT2D eigenvalue weighted by Crippen LogP contribution is -2.33. The van der Waals surface area contributed by atoms with Gasteiger partial charge in [-0.25, -0.2) is 0 Å². The minimum absolute atomic E-state index is 0.168. The van der Waals surface area contributed by atoms with Crippen molar-refractivity contribution in [3.8, 4) is 0 Å². The maximum Gasteiger partial charge on any atom is 0.220 e. The van der Waals surface area contributed by atoms with E-state index in [1.165, 1.54) is 12.0 Å². The second-order valence-corrected chi connectivity index (χ2v) is 6.85. The quantitative estimate of drug-likeness (QED) is 0.820. The van der Waals surface area contributed by atoms with Crippen molar-refractivity contribution in [1.82, 2.24) is 5.32 Å². The number of anilines is 1. The Morgan fingerprint density at radius 1 is 1.40 bits per heavy atom. The lowest BCUT2D eigenvalue weighted by atomic mass is 9.97. The molecule has 1 saturated carbocycles. The Hall–Kier alpha value is -1.16. The molecule has 3 unspecified atom stereocenters. The minimum atomic E-state index is 0.168. The zero-order valence-corrected chi connectivity index (χ0v) is 13.1. The molecule has 1 amide bonds. The van der Waals surface area contributed by atoms with Crippen molar-refractivity contribution in [2.45, 2.75) is 49.8 Å². The molecular formula is C16H24N2OS. The van der Waals surface area contributed by atoms with Gasteiger partial charge in [-0.05, 0) is 49.1 Å². The Bertz CT molecular complexity index is 446. The SMILES string of the molecule is CSC1CCC(NC(=O)CC(C)c2ccc(N)cc2)C1. The highest BCUT2D eigenvalue weighted by molar-refractivity contribution is 7.99. The van der Waals surface area contributed by atoms with Crippen LogP contribution in [0, 0.1) is 0 Å². The van der Waals surface area contributed by atoms with Crippen LogP contribution in [0.15, 0.2) is 24.3 Å². The molecule has 4 heteroatoms. The molecule has 2 rings (SSSR count). The molecule has 110 valence electrons. The first-order valence-electron chi connectivity index (χ1n) is 7.26. The molecule has 0 spiro atoms. The number of amides is 1. The first-order valence-corrected chi connectivity index (χ1v) is 8.55. The van der Waals surface area contributed by atoms with Crippen molar-refractivity contribution >= 4 is 23.4 Å². The van der Waals surface area contributed by atoms with Crippen molar-refractivity contribution in [2.24, 2.45) is 0 Å². The van der Waals surface area contributed by atoms with Gasteiger partial charge >= 0.3 is 0 Å². The van der Waals surface area contributed by atoms with Crippen molar-refractivity contribution in [1.29, 1.82) is 0 Å². The smallest absolute Gasteiger partial charge is 0.220 e. The highest BCUT2D eigenvalue weighted by Crippen LogP contribution is 2.28. The normalized spacial score (nSPS) is 23.5. The second-order valence-electron chi connectivity index (χ2n) is 5.71. The predicted octanol–water partition coefficient (Wildman–Crippen LogP) is 3.16. The number of rotatable bonds is 5. The highest BCUT2D eigenvalue weighted by atomic mass is 32.2. The van der Waals surface area contributed by atoms with Gasteiger partial charge < -0.3 is 11.1 Å². The molecule has 0 aliphatic heterocycles. The maximum absolute atomic E-state index is 12.1. The fraction of sp³-hybridized carbons (Fsp3) is 0.562. The highest BCUT2D eigenvalue weighted by Gasteiger charge is 2.25. The van der Waals surface area contributed by atoms with Gasteiger partial charge in [-0.2, -0.15) is 11.8 Å².